The van der Waals surface area contributed by atoms with Crippen LogP contribution in [-0.4, -0.2) is 49.1 Å². The van der Waals surface area contributed by atoms with Gasteiger partial charge < -0.3 is 15.3 Å². The Kier molecular flexibility index (Phi) is 3.60. The normalized spacial score (nSPS) is 19.3. The van der Waals surface area contributed by atoms with Crippen molar-refractivity contribution in [1.29, 1.82) is 4.78 Å². The monoisotopic (exact) mass is 225 g/mol. The minimum Gasteiger partial charge on any atom is -0.481 e. The summed E-state index contributed by atoms with van der Waals surface area (Å²) >= 11 is 0. The molecule has 0 bridgehead atoms. The van der Waals surface area contributed by atoms with Gasteiger partial charge in [-0.25, -0.2) is 4.79 Å². The highest BCUT2D eigenvalue weighted by Gasteiger charge is 2.40. The Morgan fingerprint density at radius 3 is 2.07 bits per heavy atom. The highest BCUT2D eigenvalue weighted by molar-refractivity contribution is 7.91. The van der Waals surface area contributed by atoms with E-state index in [1.54, 1.807) is 0 Å². The topological polar surface area (TPSA) is 136 Å². The third-order valence-corrected chi connectivity index (χ3v) is 2.38. The van der Waals surface area contributed by atoms with E-state index in [2.05, 4.69) is 0 Å². The molecular formula is C6H11NO6S. The van der Waals surface area contributed by atoms with Gasteiger partial charge in [0.25, 0.3) is 0 Å². The van der Waals surface area contributed by atoms with E-state index < -0.39 is 39.4 Å². The summed E-state index contributed by atoms with van der Waals surface area (Å²) in [4.78, 5) is 20.7. The first-order chi connectivity index (χ1) is 6.07. The van der Waals surface area contributed by atoms with Crippen LogP contribution in [0.2, 0.25) is 0 Å². The predicted octanol–water partition coefficient (Wildman–Crippen LogP) is -1.05. The number of rotatable bonds is 5. The number of nitrogens with one attached hydrogen (secondary N) is 1. The number of hydrogen-bond acceptors (Lipinski definition) is 5. The molecule has 0 aliphatic rings. The summed E-state index contributed by atoms with van der Waals surface area (Å²) in [5, 5.41) is 26.2. The molecule has 0 rings (SSSR count). The van der Waals surface area contributed by atoms with Crippen LogP contribution in [0.4, 0.5) is 0 Å². The average Bonchev–Trinajstić information content (AvgIpc) is 1.79. The van der Waals surface area contributed by atoms with Gasteiger partial charge in [-0.2, -0.15) is 0 Å². The van der Waals surface area contributed by atoms with Gasteiger partial charge in [0.1, 0.15) is 0 Å². The van der Waals surface area contributed by atoms with Gasteiger partial charge in [0.15, 0.2) is 5.60 Å². The van der Waals surface area contributed by atoms with Crippen molar-refractivity contribution >= 4 is 21.7 Å². The van der Waals surface area contributed by atoms with Gasteiger partial charge in [0.2, 0.25) is 0 Å². The highest BCUT2D eigenvalue weighted by atomic mass is 32.2. The van der Waals surface area contributed by atoms with E-state index >= 15 is 0 Å². The van der Waals surface area contributed by atoms with Crippen LogP contribution in [0.3, 0.4) is 0 Å². The molecule has 0 amide bonds. The lowest BCUT2D eigenvalue weighted by molar-refractivity contribution is -0.162. The summed E-state index contributed by atoms with van der Waals surface area (Å²) in [6, 6.07) is 0. The number of carboxylic acid groups (broad SMARTS) is 2. The maximum absolute atomic E-state index is 10.9. The number of carbonyl (C=O) groups is 2. The molecule has 0 saturated heterocycles. The molecule has 0 aromatic carbocycles. The van der Waals surface area contributed by atoms with Gasteiger partial charge in [-0.05, 0) is 0 Å². The Bertz CT molecular complexity index is 347. The largest absolute Gasteiger partial charge is 0.481 e. The molecule has 2 atom stereocenters. The summed E-state index contributed by atoms with van der Waals surface area (Å²) in [6.07, 6.45) is -0.144. The van der Waals surface area contributed by atoms with Crippen LogP contribution in [0.15, 0.2) is 0 Å². The molecule has 7 nitrogen and oxygen atoms in total. The lowest BCUT2D eigenvalue weighted by Gasteiger charge is -2.20. The molecule has 0 heterocycles. The second-order valence-corrected chi connectivity index (χ2v) is 5.36. The molecule has 0 spiro atoms. The van der Waals surface area contributed by atoms with E-state index in [9.17, 15) is 18.9 Å². The molecule has 0 aliphatic carbocycles. The fraction of sp³-hybridized carbons (Fsp3) is 0.667. The summed E-state index contributed by atoms with van der Waals surface area (Å²) in [5.41, 5.74) is -2.64. The molecule has 0 aliphatic heterocycles. The zero-order chi connectivity index (χ0) is 11.6. The Morgan fingerprint density at radius 2 is 1.86 bits per heavy atom. The van der Waals surface area contributed by atoms with Gasteiger partial charge in [-0.1, -0.05) is 0 Å². The Morgan fingerprint density at radius 1 is 1.43 bits per heavy atom. The number of aliphatic carboxylic acids is 2. The molecule has 14 heavy (non-hydrogen) atoms. The first kappa shape index (κ1) is 12.8. The van der Waals surface area contributed by atoms with Crippen LogP contribution in [-0.2, 0) is 19.3 Å². The van der Waals surface area contributed by atoms with E-state index in [0.29, 0.717) is 0 Å². The van der Waals surface area contributed by atoms with Crippen molar-refractivity contribution < 1.29 is 29.1 Å². The quantitative estimate of drug-likeness (QED) is 0.471. The van der Waals surface area contributed by atoms with Crippen LogP contribution in [0.5, 0.6) is 0 Å². The van der Waals surface area contributed by atoms with Gasteiger partial charge in [-0.3, -0.25) is 13.8 Å². The zero-order valence-electron chi connectivity index (χ0n) is 7.39. The van der Waals surface area contributed by atoms with Crippen molar-refractivity contribution in [2.75, 3.05) is 12.0 Å². The average molecular weight is 225 g/mol. The summed E-state index contributed by atoms with van der Waals surface area (Å²) in [7, 11) is -3.27. The van der Waals surface area contributed by atoms with Gasteiger partial charge >= 0.3 is 11.9 Å². The molecule has 8 heteroatoms. The fourth-order valence-corrected chi connectivity index (χ4v) is 2.03. The van der Waals surface area contributed by atoms with Crippen LogP contribution in [0.25, 0.3) is 0 Å². The Labute approximate surface area is 80.3 Å². The number of hydrogen-bond donors (Lipinski definition) is 4. The van der Waals surface area contributed by atoms with E-state index in [1.165, 1.54) is 0 Å². The first-order valence-corrected chi connectivity index (χ1v) is 5.59. The standard InChI is InChI=1S/C6H11NO6S/c1-14(7,13)3-6(12,5(10)11)2-4(8)9/h7,12H,2-3H2,1H3,(H,8,9)(H,10,11)/t6-,14-/m0/s1. The van der Waals surface area contributed by atoms with Crippen LogP contribution in [0, 0.1) is 4.78 Å². The van der Waals surface area contributed by atoms with Gasteiger partial charge in [0.05, 0.1) is 12.2 Å². The van der Waals surface area contributed by atoms with Crippen LogP contribution in [0.1, 0.15) is 6.42 Å². The second kappa shape index (κ2) is 3.93. The lowest BCUT2D eigenvalue weighted by Crippen LogP contribution is -2.46. The maximum Gasteiger partial charge on any atom is 0.337 e. The van der Waals surface area contributed by atoms with E-state index in [4.69, 9.17) is 15.0 Å². The fourth-order valence-electron chi connectivity index (χ4n) is 0.894. The summed E-state index contributed by atoms with van der Waals surface area (Å²) in [5.74, 6) is -4.22. The van der Waals surface area contributed by atoms with Crippen LogP contribution < -0.4 is 0 Å². The summed E-state index contributed by atoms with van der Waals surface area (Å²) < 4.78 is 17.9. The van der Waals surface area contributed by atoms with Crippen molar-refractivity contribution in [3.8, 4) is 0 Å². The van der Waals surface area contributed by atoms with E-state index in [-0.39, 0.29) is 0 Å². The number of aliphatic hydroxyl groups is 1. The molecule has 82 valence electrons. The number of carboxylic acids is 2. The molecule has 0 unspecified atom stereocenters. The van der Waals surface area contributed by atoms with E-state index in [0.717, 1.165) is 6.26 Å². The van der Waals surface area contributed by atoms with E-state index in [1.807, 2.05) is 0 Å². The molecular weight excluding hydrogens is 214 g/mol. The molecule has 0 radical (unpaired) electrons. The first-order valence-electron chi connectivity index (χ1n) is 3.46. The third kappa shape index (κ3) is 4.19. The van der Waals surface area contributed by atoms with Crippen molar-refractivity contribution in [3.05, 3.63) is 0 Å². The summed E-state index contributed by atoms with van der Waals surface area (Å²) in [6.45, 7) is 0. The SMILES string of the molecule is C[S@](=N)(=O)C[C@@](O)(CC(=O)O)C(=O)O. The van der Waals surface area contributed by atoms with Crippen molar-refractivity contribution in [1.82, 2.24) is 0 Å². The maximum atomic E-state index is 10.9. The minimum absolute atomic E-state index is 0.901. The molecule has 4 N–H and O–H groups in total. The Hall–Kier alpha value is -1.15. The second-order valence-electron chi connectivity index (χ2n) is 3.06. The molecule has 0 aromatic heterocycles. The minimum atomic E-state index is -3.27. The van der Waals surface area contributed by atoms with Gasteiger partial charge in [0, 0.05) is 16.0 Å². The lowest BCUT2D eigenvalue weighted by atomic mass is 10.0. The van der Waals surface area contributed by atoms with Crippen LogP contribution >= 0.6 is 0 Å². The Balaban J connectivity index is 4.92. The molecule has 0 fully saturated rings. The molecule has 0 saturated carbocycles. The van der Waals surface area contributed by atoms with Crippen molar-refractivity contribution in [2.45, 2.75) is 12.0 Å². The zero-order valence-corrected chi connectivity index (χ0v) is 8.21. The van der Waals surface area contributed by atoms with Crippen molar-refractivity contribution in [3.63, 3.8) is 0 Å². The highest BCUT2D eigenvalue weighted by Crippen LogP contribution is 2.13. The van der Waals surface area contributed by atoms with Crippen molar-refractivity contribution in [2.24, 2.45) is 0 Å². The smallest absolute Gasteiger partial charge is 0.337 e. The molecule has 0 aromatic rings. The van der Waals surface area contributed by atoms with Gasteiger partial charge in [-0.15, -0.1) is 0 Å². The third-order valence-electron chi connectivity index (χ3n) is 1.36. The predicted molar refractivity (Wildman–Crippen MR) is 46.5 cm³/mol.